The van der Waals surface area contributed by atoms with Gasteiger partial charge in [0.25, 0.3) is 0 Å². The molecule has 5 heteroatoms. The van der Waals surface area contributed by atoms with Gasteiger partial charge in [-0.15, -0.1) is 0 Å². The van der Waals surface area contributed by atoms with Crippen LogP contribution in [0.1, 0.15) is 11.1 Å². The van der Waals surface area contributed by atoms with Gasteiger partial charge in [0.15, 0.2) is 0 Å². The summed E-state index contributed by atoms with van der Waals surface area (Å²) in [4.78, 5) is 8.20. The van der Waals surface area contributed by atoms with E-state index in [1.807, 2.05) is 25.1 Å². The summed E-state index contributed by atoms with van der Waals surface area (Å²) in [6.45, 7) is 2.36. The molecule has 24 heavy (non-hydrogen) atoms. The second-order valence-electron chi connectivity index (χ2n) is 5.27. The molecule has 0 bridgehead atoms. The number of rotatable bonds is 5. The monoisotopic (exact) mass is 324 g/mol. The van der Waals surface area contributed by atoms with Crippen LogP contribution in [0, 0.1) is 12.7 Å². The largest absolute Gasteiger partial charge is 0.481 e. The molecule has 0 N–H and O–H groups in total. The van der Waals surface area contributed by atoms with Gasteiger partial charge in [0.2, 0.25) is 5.88 Å². The lowest BCUT2D eigenvalue weighted by Crippen LogP contribution is -2.02. The number of hydrogen-bond acceptors (Lipinski definition) is 4. The van der Waals surface area contributed by atoms with Crippen LogP contribution in [0.3, 0.4) is 0 Å². The Hall–Kier alpha value is -2.95. The molecule has 0 radical (unpaired) electrons. The molecule has 0 atom stereocenters. The summed E-state index contributed by atoms with van der Waals surface area (Å²) in [5.41, 5.74) is 4.10. The predicted molar refractivity (Wildman–Crippen MR) is 89.5 cm³/mol. The van der Waals surface area contributed by atoms with Gasteiger partial charge in [-0.05, 0) is 41.3 Å². The van der Waals surface area contributed by atoms with Gasteiger partial charge in [-0.25, -0.2) is 9.37 Å². The number of hydrogen-bond donors (Lipinski definition) is 0. The third-order valence-corrected chi connectivity index (χ3v) is 3.78. The molecule has 0 saturated heterocycles. The molecule has 1 heterocycles. The summed E-state index contributed by atoms with van der Waals surface area (Å²) < 4.78 is 23.8. The van der Waals surface area contributed by atoms with Crippen molar-refractivity contribution >= 4 is 0 Å². The fourth-order valence-electron chi connectivity index (χ4n) is 2.43. The number of ether oxygens (including phenoxy) is 2. The van der Waals surface area contributed by atoms with Crippen molar-refractivity contribution in [2.45, 2.75) is 13.5 Å². The molecule has 3 rings (SSSR count). The molecular weight excluding hydrogens is 307 g/mol. The highest BCUT2D eigenvalue weighted by Gasteiger charge is 2.08. The second-order valence-corrected chi connectivity index (χ2v) is 5.27. The average molecular weight is 324 g/mol. The first-order valence-electron chi connectivity index (χ1n) is 7.51. The smallest absolute Gasteiger partial charge is 0.320 e. The van der Waals surface area contributed by atoms with Gasteiger partial charge < -0.3 is 9.47 Å². The summed E-state index contributed by atoms with van der Waals surface area (Å²) in [5.74, 6) is 0.211. The number of halogens is 1. The number of benzene rings is 2. The molecule has 0 amide bonds. The van der Waals surface area contributed by atoms with Gasteiger partial charge in [-0.2, -0.15) is 4.98 Å². The van der Waals surface area contributed by atoms with Crippen molar-refractivity contribution in [1.82, 2.24) is 9.97 Å². The third-order valence-electron chi connectivity index (χ3n) is 3.78. The second kappa shape index (κ2) is 7.08. The Labute approximate surface area is 139 Å². The van der Waals surface area contributed by atoms with Crippen molar-refractivity contribution in [3.63, 3.8) is 0 Å². The quantitative estimate of drug-likeness (QED) is 0.706. The van der Waals surface area contributed by atoms with E-state index in [0.29, 0.717) is 12.5 Å². The number of nitrogens with zero attached hydrogens (tertiary/aromatic N) is 2. The molecule has 0 aliphatic carbocycles. The highest BCUT2D eigenvalue weighted by atomic mass is 19.1. The summed E-state index contributed by atoms with van der Waals surface area (Å²) >= 11 is 0. The normalized spacial score (nSPS) is 10.5. The Morgan fingerprint density at radius 2 is 1.83 bits per heavy atom. The molecule has 4 nitrogen and oxygen atoms in total. The lowest BCUT2D eigenvalue weighted by molar-refractivity contribution is 0.273. The highest BCUT2D eigenvalue weighted by molar-refractivity contribution is 5.68. The fraction of sp³-hybridized carbons (Fsp3) is 0.158. The molecule has 0 fully saturated rings. The molecule has 0 aliphatic rings. The van der Waals surface area contributed by atoms with Crippen molar-refractivity contribution in [2.75, 3.05) is 7.11 Å². The molecule has 0 spiro atoms. The van der Waals surface area contributed by atoms with Crippen LogP contribution in [0.5, 0.6) is 11.9 Å². The van der Waals surface area contributed by atoms with E-state index < -0.39 is 0 Å². The van der Waals surface area contributed by atoms with Crippen LogP contribution in [0.2, 0.25) is 0 Å². The van der Waals surface area contributed by atoms with Crippen molar-refractivity contribution in [3.05, 3.63) is 71.7 Å². The minimum atomic E-state index is -0.244. The van der Waals surface area contributed by atoms with E-state index in [2.05, 4.69) is 9.97 Å². The van der Waals surface area contributed by atoms with Crippen LogP contribution in [-0.2, 0) is 6.61 Å². The zero-order chi connectivity index (χ0) is 16.9. The summed E-state index contributed by atoms with van der Waals surface area (Å²) in [5, 5.41) is 0. The fourth-order valence-corrected chi connectivity index (χ4v) is 2.43. The van der Waals surface area contributed by atoms with Crippen molar-refractivity contribution in [3.8, 4) is 23.0 Å². The first-order valence-corrected chi connectivity index (χ1v) is 7.51. The maximum atomic E-state index is 13.1. The van der Waals surface area contributed by atoms with Crippen molar-refractivity contribution < 1.29 is 13.9 Å². The first kappa shape index (κ1) is 15.9. The summed E-state index contributed by atoms with van der Waals surface area (Å²) in [6.07, 6.45) is 1.59. The van der Waals surface area contributed by atoms with Gasteiger partial charge in [0.1, 0.15) is 12.4 Å². The number of methoxy groups -OCH3 is 1. The molecule has 1 aromatic heterocycles. The molecule has 122 valence electrons. The van der Waals surface area contributed by atoms with Crippen molar-refractivity contribution in [1.29, 1.82) is 0 Å². The molecule has 2 aromatic carbocycles. The number of aromatic nitrogens is 2. The Balaban J connectivity index is 1.81. The van der Waals surface area contributed by atoms with E-state index in [9.17, 15) is 4.39 Å². The van der Waals surface area contributed by atoms with Gasteiger partial charge >= 0.3 is 6.01 Å². The highest BCUT2D eigenvalue weighted by Crippen LogP contribution is 2.26. The van der Waals surface area contributed by atoms with Crippen LogP contribution in [0.15, 0.2) is 54.7 Å². The Kier molecular flexibility index (Phi) is 4.70. The van der Waals surface area contributed by atoms with E-state index >= 15 is 0 Å². The minimum Gasteiger partial charge on any atom is -0.481 e. The summed E-state index contributed by atoms with van der Waals surface area (Å²) in [7, 11) is 1.54. The Bertz CT molecular complexity index is 835. The minimum absolute atomic E-state index is 0.244. The van der Waals surface area contributed by atoms with Crippen LogP contribution in [0.4, 0.5) is 4.39 Å². The SMILES string of the molecule is COc1ccnc(OCc2cccc(-c3ccc(F)cc3)c2C)n1. The first-order chi connectivity index (χ1) is 11.7. The van der Waals surface area contributed by atoms with Gasteiger partial charge in [-0.3, -0.25) is 0 Å². The van der Waals surface area contributed by atoms with Crippen LogP contribution in [-0.4, -0.2) is 17.1 Å². The lowest BCUT2D eigenvalue weighted by atomic mass is 9.97. The predicted octanol–water partition coefficient (Wildman–Crippen LogP) is 4.18. The Morgan fingerprint density at radius 3 is 2.58 bits per heavy atom. The van der Waals surface area contributed by atoms with Crippen LogP contribution in [0.25, 0.3) is 11.1 Å². The lowest BCUT2D eigenvalue weighted by Gasteiger charge is -2.12. The molecule has 0 saturated carbocycles. The topological polar surface area (TPSA) is 44.2 Å². The average Bonchev–Trinajstić information content (AvgIpc) is 2.62. The van der Waals surface area contributed by atoms with E-state index in [4.69, 9.17) is 9.47 Å². The van der Waals surface area contributed by atoms with E-state index in [1.165, 1.54) is 12.1 Å². The van der Waals surface area contributed by atoms with E-state index in [0.717, 1.165) is 22.3 Å². The summed E-state index contributed by atoms with van der Waals surface area (Å²) in [6, 6.07) is 14.3. The van der Waals surface area contributed by atoms with Crippen molar-refractivity contribution in [2.24, 2.45) is 0 Å². The van der Waals surface area contributed by atoms with Gasteiger partial charge in [-0.1, -0.05) is 30.3 Å². The van der Waals surface area contributed by atoms with E-state index in [-0.39, 0.29) is 11.8 Å². The zero-order valence-corrected chi connectivity index (χ0v) is 13.5. The third kappa shape index (κ3) is 3.51. The zero-order valence-electron chi connectivity index (χ0n) is 13.5. The Morgan fingerprint density at radius 1 is 1.04 bits per heavy atom. The van der Waals surface area contributed by atoms with Gasteiger partial charge in [0, 0.05) is 12.3 Å². The standard InChI is InChI=1S/C19H17FN2O2/c1-13-15(12-24-19-21-11-10-18(22-19)23-2)4-3-5-17(13)14-6-8-16(20)9-7-14/h3-11H,12H2,1-2H3. The van der Waals surface area contributed by atoms with Gasteiger partial charge in [0.05, 0.1) is 7.11 Å². The maximum Gasteiger partial charge on any atom is 0.320 e. The van der Waals surface area contributed by atoms with Crippen LogP contribution < -0.4 is 9.47 Å². The molecule has 0 unspecified atom stereocenters. The van der Waals surface area contributed by atoms with Crippen LogP contribution >= 0.6 is 0 Å². The molecular formula is C19H17FN2O2. The van der Waals surface area contributed by atoms with E-state index in [1.54, 1.807) is 31.5 Å². The molecule has 3 aromatic rings. The molecule has 0 aliphatic heterocycles. The maximum absolute atomic E-state index is 13.1.